The monoisotopic (exact) mass is 314 g/mol. The molecule has 2 aromatic heterocycles. The lowest BCUT2D eigenvalue weighted by Crippen LogP contribution is -2.35. The molecule has 0 aliphatic carbocycles. The predicted octanol–water partition coefficient (Wildman–Crippen LogP) is 3.13. The van der Waals surface area contributed by atoms with E-state index in [1.165, 1.54) is 11.3 Å². The van der Waals surface area contributed by atoms with Crippen LogP contribution in [0.25, 0.3) is 10.8 Å². The van der Waals surface area contributed by atoms with Gasteiger partial charge in [-0.15, -0.1) is 11.3 Å². The molecular formula is C17H18N2O2S. The van der Waals surface area contributed by atoms with Crippen molar-refractivity contribution in [3.8, 4) is 5.75 Å². The van der Waals surface area contributed by atoms with Gasteiger partial charge in [0.15, 0.2) is 0 Å². The Morgan fingerprint density at radius 1 is 1.27 bits per heavy atom. The SMILES string of the molecule is CNCC[C@@](O)(Oc1cccc2cnccc12)c1cccs1. The Bertz CT molecular complexity index is 740. The number of pyridine rings is 1. The molecule has 2 N–H and O–H groups in total. The van der Waals surface area contributed by atoms with E-state index in [0.29, 0.717) is 18.7 Å². The lowest BCUT2D eigenvalue weighted by molar-refractivity contribution is -0.146. The van der Waals surface area contributed by atoms with E-state index in [4.69, 9.17) is 4.74 Å². The quantitative estimate of drug-likeness (QED) is 0.686. The maximum Gasteiger partial charge on any atom is 0.245 e. The largest absolute Gasteiger partial charge is 0.457 e. The van der Waals surface area contributed by atoms with Crippen molar-refractivity contribution in [3.63, 3.8) is 0 Å². The van der Waals surface area contributed by atoms with Crippen LogP contribution in [0.3, 0.4) is 0 Å². The molecular weight excluding hydrogens is 296 g/mol. The number of aliphatic hydroxyl groups is 1. The topological polar surface area (TPSA) is 54.4 Å². The number of nitrogens with zero attached hydrogens (tertiary/aromatic N) is 1. The van der Waals surface area contributed by atoms with Crippen molar-refractivity contribution >= 4 is 22.1 Å². The summed E-state index contributed by atoms with van der Waals surface area (Å²) in [4.78, 5) is 4.92. The zero-order valence-electron chi connectivity index (χ0n) is 12.3. The zero-order valence-corrected chi connectivity index (χ0v) is 13.1. The van der Waals surface area contributed by atoms with Crippen LogP contribution in [0.1, 0.15) is 11.3 Å². The summed E-state index contributed by atoms with van der Waals surface area (Å²) in [5.74, 6) is -0.679. The molecule has 0 aliphatic heterocycles. The van der Waals surface area contributed by atoms with Crippen LogP contribution in [0.2, 0.25) is 0 Å². The van der Waals surface area contributed by atoms with E-state index in [0.717, 1.165) is 15.6 Å². The number of fused-ring (bicyclic) bond motifs is 1. The second-order valence-corrected chi connectivity index (χ2v) is 6.02. The molecule has 1 atom stereocenters. The summed E-state index contributed by atoms with van der Waals surface area (Å²) in [5, 5.41) is 18.0. The molecule has 5 heteroatoms. The lowest BCUT2D eigenvalue weighted by atomic mass is 10.1. The molecule has 0 saturated carbocycles. The maximum absolute atomic E-state index is 11.0. The van der Waals surface area contributed by atoms with E-state index < -0.39 is 5.79 Å². The number of rotatable bonds is 6. The van der Waals surface area contributed by atoms with Crippen LogP contribution in [0.5, 0.6) is 5.75 Å². The Hall–Kier alpha value is -1.95. The minimum atomic E-state index is -1.34. The molecule has 1 aromatic carbocycles. The Kier molecular flexibility index (Phi) is 4.38. The number of aromatic nitrogens is 1. The summed E-state index contributed by atoms with van der Waals surface area (Å²) >= 11 is 1.49. The van der Waals surface area contributed by atoms with E-state index in [9.17, 15) is 5.11 Å². The molecule has 0 unspecified atom stereocenters. The van der Waals surface area contributed by atoms with Gasteiger partial charge in [0.25, 0.3) is 0 Å². The van der Waals surface area contributed by atoms with Crippen LogP contribution >= 0.6 is 11.3 Å². The third-order valence-electron chi connectivity index (χ3n) is 3.54. The number of nitrogens with one attached hydrogen (secondary N) is 1. The van der Waals surface area contributed by atoms with E-state index in [1.54, 1.807) is 12.4 Å². The Balaban J connectivity index is 1.99. The minimum Gasteiger partial charge on any atom is -0.457 e. The summed E-state index contributed by atoms with van der Waals surface area (Å²) in [5.41, 5.74) is 0. The van der Waals surface area contributed by atoms with Gasteiger partial charge in [-0.1, -0.05) is 18.2 Å². The van der Waals surface area contributed by atoms with Crippen molar-refractivity contribution in [2.75, 3.05) is 13.6 Å². The Morgan fingerprint density at radius 2 is 2.18 bits per heavy atom. The van der Waals surface area contributed by atoms with Crippen molar-refractivity contribution in [1.29, 1.82) is 0 Å². The fourth-order valence-electron chi connectivity index (χ4n) is 2.38. The standard InChI is InChI=1S/C17H18N2O2S/c1-18-10-8-17(20,16-6-3-11-22-16)21-15-5-2-4-13-12-19-9-7-14(13)15/h2-7,9,11-12,18,20H,8,10H2,1H3/t17-/m1/s1. The van der Waals surface area contributed by atoms with Gasteiger partial charge >= 0.3 is 0 Å². The van der Waals surface area contributed by atoms with Crippen molar-refractivity contribution < 1.29 is 9.84 Å². The van der Waals surface area contributed by atoms with Gasteiger partial charge in [-0.25, -0.2) is 0 Å². The highest BCUT2D eigenvalue weighted by molar-refractivity contribution is 7.10. The first-order valence-electron chi connectivity index (χ1n) is 7.16. The van der Waals surface area contributed by atoms with Crippen LogP contribution in [0.15, 0.2) is 54.2 Å². The molecule has 0 aliphatic rings. The third kappa shape index (κ3) is 2.97. The van der Waals surface area contributed by atoms with Crippen molar-refractivity contribution in [2.24, 2.45) is 0 Å². The molecule has 0 bridgehead atoms. The van der Waals surface area contributed by atoms with Crippen LogP contribution in [0.4, 0.5) is 0 Å². The fraction of sp³-hybridized carbons (Fsp3) is 0.235. The van der Waals surface area contributed by atoms with E-state index in [1.807, 2.05) is 48.8 Å². The van der Waals surface area contributed by atoms with Gasteiger partial charge in [-0.05, 0) is 30.6 Å². The number of thiophene rings is 1. The molecule has 114 valence electrons. The van der Waals surface area contributed by atoms with Gasteiger partial charge in [0.2, 0.25) is 5.79 Å². The fourth-order valence-corrected chi connectivity index (χ4v) is 3.17. The first-order chi connectivity index (χ1) is 10.7. The molecule has 3 rings (SSSR count). The Morgan fingerprint density at radius 3 is 2.95 bits per heavy atom. The predicted molar refractivity (Wildman–Crippen MR) is 89.1 cm³/mol. The molecule has 22 heavy (non-hydrogen) atoms. The van der Waals surface area contributed by atoms with Gasteiger partial charge in [0.05, 0.1) is 4.88 Å². The molecule has 0 spiro atoms. The maximum atomic E-state index is 11.0. The normalized spacial score (nSPS) is 13.9. The second kappa shape index (κ2) is 6.44. The average molecular weight is 314 g/mol. The van der Waals surface area contributed by atoms with Crippen LogP contribution in [0, 0.1) is 0 Å². The zero-order chi connectivity index (χ0) is 15.4. The molecule has 2 heterocycles. The highest BCUT2D eigenvalue weighted by atomic mass is 32.1. The molecule has 0 fully saturated rings. The van der Waals surface area contributed by atoms with Gasteiger partial charge < -0.3 is 15.2 Å². The van der Waals surface area contributed by atoms with Crippen molar-refractivity contribution in [2.45, 2.75) is 12.2 Å². The van der Waals surface area contributed by atoms with E-state index in [2.05, 4.69) is 10.3 Å². The van der Waals surface area contributed by atoms with E-state index in [-0.39, 0.29) is 0 Å². The summed E-state index contributed by atoms with van der Waals surface area (Å²) in [6, 6.07) is 11.5. The number of hydrogen-bond acceptors (Lipinski definition) is 5. The van der Waals surface area contributed by atoms with Gasteiger partial charge in [-0.3, -0.25) is 4.98 Å². The summed E-state index contributed by atoms with van der Waals surface area (Å²) in [6.45, 7) is 0.653. The van der Waals surface area contributed by atoms with Gasteiger partial charge in [0.1, 0.15) is 5.75 Å². The van der Waals surface area contributed by atoms with Gasteiger partial charge in [-0.2, -0.15) is 0 Å². The average Bonchev–Trinajstić information content (AvgIpc) is 3.09. The Labute approximate surface area is 133 Å². The first kappa shape index (κ1) is 15.0. The van der Waals surface area contributed by atoms with Crippen LogP contribution < -0.4 is 10.1 Å². The third-order valence-corrected chi connectivity index (χ3v) is 4.54. The highest BCUT2D eigenvalue weighted by Gasteiger charge is 2.33. The van der Waals surface area contributed by atoms with Crippen molar-refractivity contribution in [1.82, 2.24) is 10.3 Å². The second-order valence-electron chi connectivity index (χ2n) is 5.07. The summed E-state index contributed by atoms with van der Waals surface area (Å²) in [7, 11) is 1.86. The smallest absolute Gasteiger partial charge is 0.245 e. The summed E-state index contributed by atoms with van der Waals surface area (Å²) < 4.78 is 6.06. The number of ether oxygens (including phenoxy) is 1. The van der Waals surface area contributed by atoms with E-state index >= 15 is 0 Å². The minimum absolute atomic E-state index is 0.464. The highest BCUT2D eigenvalue weighted by Crippen LogP contribution is 2.35. The van der Waals surface area contributed by atoms with Crippen LogP contribution in [-0.4, -0.2) is 23.7 Å². The number of hydrogen-bond donors (Lipinski definition) is 2. The molecule has 0 amide bonds. The summed E-state index contributed by atoms with van der Waals surface area (Å²) in [6.07, 6.45) is 3.98. The lowest BCUT2D eigenvalue weighted by Gasteiger charge is -2.28. The van der Waals surface area contributed by atoms with Crippen LogP contribution in [-0.2, 0) is 5.79 Å². The first-order valence-corrected chi connectivity index (χ1v) is 8.03. The molecule has 3 aromatic rings. The van der Waals surface area contributed by atoms with Gasteiger partial charge in [0, 0.05) is 36.1 Å². The molecule has 4 nitrogen and oxygen atoms in total. The molecule has 0 radical (unpaired) electrons. The molecule has 0 saturated heterocycles. The number of benzene rings is 1. The van der Waals surface area contributed by atoms with Crippen molar-refractivity contribution in [3.05, 3.63) is 59.0 Å².